The normalized spacial score (nSPS) is 29.8. The van der Waals surface area contributed by atoms with Gasteiger partial charge in [-0.1, -0.05) is 6.66 Å². The Labute approximate surface area is 248 Å². The van der Waals surface area contributed by atoms with Crippen LogP contribution >= 0.6 is 9.18 Å². The van der Waals surface area contributed by atoms with Gasteiger partial charge in [-0.05, 0) is 110 Å². The molecule has 8 nitrogen and oxygen atoms in total. The Morgan fingerprint density at radius 3 is 1.48 bits per heavy atom. The van der Waals surface area contributed by atoms with Crippen LogP contribution in [0.15, 0.2) is 12.3 Å². The quantitative estimate of drug-likeness (QED) is 0.321. The number of aliphatic hydroxyl groups is 2. The molecular weight excluding hydrogens is 531 g/mol. The highest BCUT2D eigenvalue weighted by molar-refractivity contribution is 7.15. The van der Waals surface area contributed by atoms with Crippen LogP contribution in [0.1, 0.15) is 104 Å². The molecule has 2 N–H and O–H groups in total. The summed E-state index contributed by atoms with van der Waals surface area (Å²) in [5, 5.41) is 17.1. The molecule has 6 atom stereocenters. The lowest BCUT2D eigenvalue weighted by molar-refractivity contribution is -0.120. The van der Waals surface area contributed by atoms with E-state index in [9.17, 15) is 4.79 Å². The zero-order valence-electron chi connectivity index (χ0n) is 26.6. The fourth-order valence-corrected chi connectivity index (χ4v) is 4.35. The van der Waals surface area contributed by atoms with E-state index in [0.717, 1.165) is 77.7 Å². The van der Waals surface area contributed by atoms with Crippen molar-refractivity contribution >= 4 is 15.5 Å². The lowest BCUT2D eigenvalue weighted by Crippen LogP contribution is -2.22. The fraction of sp³-hybridized carbons (Fsp3) is 0.903. The van der Waals surface area contributed by atoms with Gasteiger partial charge in [0.2, 0.25) is 0 Å². The van der Waals surface area contributed by atoms with Gasteiger partial charge in [-0.25, -0.2) is 0 Å². The summed E-state index contributed by atoms with van der Waals surface area (Å²) < 4.78 is 32.0. The van der Waals surface area contributed by atoms with Gasteiger partial charge in [0.1, 0.15) is 18.5 Å². The molecule has 238 valence electrons. The van der Waals surface area contributed by atoms with Gasteiger partial charge in [-0.2, -0.15) is 0 Å². The van der Waals surface area contributed by atoms with Crippen molar-refractivity contribution in [2.75, 3.05) is 46.3 Å². The molecule has 0 bridgehead atoms. The second-order valence-corrected chi connectivity index (χ2v) is 10.5. The zero-order chi connectivity index (χ0) is 30.4. The standard InChI is InChI=1S/C6H12O2.2C6H10O2.2C6H12O.CH5P/c3*7-5-6-3-1-2-4-8-6;2*1-6-4-2-3-5-7-6;1-2/h6-7H,1-5H2;5-6H,1-4H2;2,4,6-7H,1,3,5H2;2*6H,2-5H2,1H3;2H2,1H3/i;;;;;2D. The summed E-state index contributed by atoms with van der Waals surface area (Å²) in [4.78, 5) is 10.0. The molecule has 0 aromatic carbocycles. The van der Waals surface area contributed by atoms with Crippen LogP contribution in [0.4, 0.5) is 0 Å². The maximum Gasteiger partial charge on any atom is 0.148 e. The largest absolute Gasteiger partial charge is 0.496 e. The van der Waals surface area contributed by atoms with Crippen molar-refractivity contribution in [2.24, 2.45) is 0 Å². The first-order valence-electron chi connectivity index (χ1n) is 16.0. The zero-order valence-corrected chi connectivity index (χ0v) is 26.6. The van der Waals surface area contributed by atoms with E-state index >= 15 is 0 Å². The van der Waals surface area contributed by atoms with Gasteiger partial charge in [-0.15, -0.1) is 9.18 Å². The monoisotopic (exact) mass is 593 g/mol. The van der Waals surface area contributed by atoms with E-state index in [1.165, 1.54) is 44.9 Å². The summed E-state index contributed by atoms with van der Waals surface area (Å²) in [6, 6.07) is 0. The van der Waals surface area contributed by atoms with Crippen molar-refractivity contribution in [3.05, 3.63) is 12.3 Å². The number of ether oxygens (including phenoxy) is 5. The van der Waals surface area contributed by atoms with Gasteiger partial charge < -0.3 is 38.7 Å². The molecule has 0 aliphatic carbocycles. The average molecular weight is 594 g/mol. The first-order valence-corrected chi connectivity index (χ1v) is 16.5. The number of hydrogen-bond acceptors (Lipinski definition) is 8. The smallest absolute Gasteiger partial charge is 0.148 e. The van der Waals surface area contributed by atoms with Crippen LogP contribution in [0.5, 0.6) is 0 Å². The average Bonchev–Trinajstić information content (AvgIpc) is 3.04. The Morgan fingerprint density at radius 2 is 1.25 bits per heavy atom. The maximum atomic E-state index is 10.0. The van der Waals surface area contributed by atoms with E-state index in [1.54, 1.807) is 6.26 Å². The number of hydrogen-bond donors (Lipinski definition) is 2. The molecule has 0 aromatic rings. The second kappa shape index (κ2) is 29.9. The highest BCUT2D eigenvalue weighted by atomic mass is 31.0. The van der Waals surface area contributed by atoms with Crippen molar-refractivity contribution in [1.82, 2.24) is 0 Å². The topological polar surface area (TPSA) is 104 Å². The lowest BCUT2D eigenvalue weighted by Gasteiger charge is -2.19. The summed E-state index contributed by atoms with van der Waals surface area (Å²) in [6.45, 7) is 10.0. The Kier molecular flexibility index (Phi) is 28.0. The van der Waals surface area contributed by atoms with Crippen LogP contribution in [-0.2, 0) is 28.5 Å². The third kappa shape index (κ3) is 24.0. The van der Waals surface area contributed by atoms with Gasteiger partial charge in [-0.3, -0.25) is 0 Å². The SMILES string of the molecule is CC1CCCCO1.CC1CCCCO1.O=CC1CCCCO1.OCC1CCC=CO1.OCC1CCCCO1.[2H]PC. The number of aldehydes is 1. The van der Waals surface area contributed by atoms with Crippen molar-refractivity contribution < 1.29 is 38.7 Å². The summed E-state index contributed by atoms with van der Waals surface area (Å²) in [6.07, 6.45) is 22.1. The molecule has 0 amide bonds. The van der Waals surface area contributed by atoms with E-state index in [-0.39, 0.29) is 31.5 Å². The van der Waals surface area contributed by atoms with Crippen molar-refractivity contribution in [2.45, 2.75) is 134 Å². The molecule has 4 fully saturated rings. The van der Waals surface area contributed by atoms with Crippen LogP contribution in [-0.4, -0.2) is 94.6 Å². The van der Waals surface area contributed by atoms with Gasteiger partial charge in [0.25, 0.3) is 0 Å². The first-order chi connectivity index (χ1) is 20.0. The summed E-state index contributed by atoms with van der Waals surface area (Å²) in [5.41, 5.74) is 0. The second-order valence-electron chi connectivity index (χ2n) is 10.5. The predicted octanol–water partition coefficient (Wildman–Crippen LogP) is 5.62. The molecule has 0 aromatic heterocycles. The molecule has 0 spiro atoms. The molecule has 5 aliphatic rings. The van der Waals surface area contributed by atoms with E-state index in [4.69, 9.17) is 35.2 Å². The van der Waals surface area contributed by atoms with Gasteiger partial charge >= 0.3 is 0 Å². The Balaban J connectivity index is 0.000000477. The molecule has 0 radical (unpaired) electrons. The maximum absolute atomic E-state index is 10.0. The highest BCUT2D eigenvalue weighted by Crippen LogP contribution is 2.12. The summed E-state index contributed by atoms with van der Waals surface area (Å²) >= 11 is 0. The van der Waals surface area contributed by atoms with E-state index in [0.29, 0.717) is 21.4 Å². The van der Waals surface area contributed by atoms with Crippen LogP contribution < -0.4 is 0 Å². The van der Waals surface area contributed by atoms with E-state index < -0.39 is 0 Å². The molecule has 40 heavy (non-hydrogen) atoms. The Hall–Kier alpha value is -0.600. The van der Waals surface area contributed by atoms with Gasteiger partial charge in [0, 0.05) is 26.4 Å². The van der Waals surface area contributed by atoms with E-state index in [1.807, 2.05) is 12.7 Å². The van der Waals surface area contributed by atoms with Crippen molar-refractivity contribution in [1.29, 1.82) is 1.28 Å². The minimum absolute atomic E-state index is 0.0556. The number of carbonyl (C=O) groups excluding carboxylic acids is 1. The molecule has 9 heteroatoms. The lowest BCUT2D eigenvalue weighted by atomic mass is 10.1. The van der Waals surface area contributed by atoms with E-state index in [2.05, 4.69) is 13.8 Å². The Morgan fingerprint density at radius 1 is 0.750 bits per heavy atom. The summed E-state index contributed by atoms with van der Waals surface area (Å²) in [5.74, 6) is 0. The van der Waals surface area contributed by atoms with Crippen molar-refractivity contribution in [3.8, 4) is 0 Å². The van der Waals surface area contributed by atoms with Gasteiger partial charge in [0.05, 0.1) is 39.1 Å². The molecule has 5 rings (SSSR count). The molecule has 0 saturated carbocycles. The molecule has 5 heterocycles. The van der Waals surface area contributed by atoms with Crippen LogP contribution in [0.25, 0.3) is 0 Å². The first kappa shape index (κ1) is 37.4. The number of aliphatic hydroxyl groups excluding tert-OH is 2. The number of rotatable bonds is 3. The fourth-order valence-electron chi connectivity index (χ4n) is 4.35. The number of allylic oxidation sites excluding steroid dienone is 1. The van der Waals surface area contributed by atoms with Crippen LogP contribution in [0.2, 0.25) is 0 Å². The van der Waals surface area contributed by atoms with Gasteiger partial charge in [0.15, 0.2) is 0 Å². The third-order valence-electron chi connectivity index (χ3n) is 6.89. The van der Waals surface area contributed by atoms with Crippen LogP contribution in [0.3, 0.4) is 0 Å². The molecular formula is C31H61O8P. The predicted molar refractivity (Wildman–Crippen MR) is 165 cm³/mol. The minimum Gasteiger partial charge on any atom is -0.496 e. The Bertz CT molecular complexity index is 546. The number of carbonyl (C=O) groups is 1. The highest BCUT2D eigenvalue weighted by Gasteiger charge is 2.12. The molecule has 4 saturated heterocycles. The third-order valence-corrected chi connectivity index (χ3v) is 6.89. The van der Waals surface area contributed by atoms with Crippen LogP contribution in [0, 0.1) is 0 Å². The molecule has 6 unspecified atom stereocenters. The van der Waals surface area contributed by atoms with Crippen molar-refractivity contribution in [3.63, 3.8) is 0 Å². The minimum atomic E-state index is -0.0938. The molecule has 5 aliphatic heterocycles. The summed E-state index contributed by atoms with van der Waals surface area (Å²) in [7, 11) is 0.333.